The van der Waals surface area contributed by atoms with Gasteiger partial charge in [0.15, 0.2) is 0 Å². The molecule has 0 aromatic rings. The van der Waals surface area contributed by atoms with Crippen molar-refractivity contribution in [3.05, 3.63) is 0 Å². The summed E-state index contributed by atoms with van der Waals surface area (Å²) in [6, 6.07) is 0. The van der Waals surface area contributed by atoms with Gasteiger partial charge in [-0.25, -0.2) is 8.42 Å². The molecule has 23 heavy (non-hydrogen) atoms. The van der Waals surface area contributed by atoms with Crippen molar-refractivity contribution in [3.8, 4) is 0 Å². The van der Waals surface area contributed by atoms with Gasteiger partial charge in [0.2, 0.25) is 15.9 Å². The lowest BCUT2D eigenvalue weighted by Crippen LogP contribution is -2.55. The SMILES string of the molecule is CC1CCC(C(=O)N2CCC3(CCCN3S(C)(=O)=O)CC2)CC1. The minimum Gasteiger partial charge on any atom is -0.342 e. The third kappa shape index (κ3) is 3.43. The Morgan fingerprint density at radius 2 is 1.61 bits per heavy atom. The molecule has 0 N–H and O–H groups in total. The Balaban J connectivity index is 1.61. The molecular weight excluding hydrogens is 312 g/mol. The van der Waals surface area contributed by atoms with Crippen LogP contribution in [-0.4, -0.2) is 55.0 Å². The summed E-state index contributed by atoms with van der Waals surface area (Å²) >= 11 is 0. The number of carbonyl (C=O) groups excluding carboxylic acids is 1. The van der Waals surface area contributed by atoms with Gasteiger partial charge in [-0.1, -0.05) is 6.92 Å². The molecular formula is C17H30N2O3S. The van der Waals surface area contributed by atoms with E-state index in [-0.39, 0.29) is 11.5 Å². The molecule has 1 amide bonds. The number of nitrogens with zero attached hydrogens (tertiary/aromatic N) is 2. The zero-order valence-electron chi connectivity index (χ0n) is 14.5. The molecule has 132 valence electrons. The van der Waals surface area contributed by atoms with Crippen molar-refractivity contribution < 1.29 is 13.2 Å². The van der Waals surface area contributed by atoms with E-state index >= 15 is 0 Å². The van der Waals surface area contributed by atoms with Crippen LogP contribution in [0, 0.1) is 11.8 Å². The number of sulfonamides is 1. The van der Waals surface area contributed by atoms with Crippen LogP contribution in [0.25, 0.3) is 0 Å². The topological polar surface area (TPSA) is 57.7 Å². The molecule has 3 rings (SSSR count). The van der Waals surface area contributed by atoms with Gasteiger partial charge >= 0.3 is 0 Å². The van der Waals surface area contributed by atoms with E-state index in [0.29, 0.717) is 12.5 Å². The fraction of sp³-hybridized carbons (Fsp3) is 0.941. The summed E-state index contributed by atoms with van der Waals surface area (Å²) in [5, 5.41) is 0. The number of amides is 1. The predicted octanol–water partition coefficient (Wildman–Crippen LogP) is 2.23. The van der Waals surface area contributed by atoms with Crippen molar-refractivity contribution in [2.24, 2.45) is 11.8 Å². The van der Waals surface area contributed by atoms with E-state index in [0.717, 1.165) is 70.4 Å². The maximum atomic E-state index is 12.7. The highest BCUT2D eigenvalue weighted by Gasteiger charge is 2.48. The molecule has 2 heterocycles. The minimum absolute atomic E-state index is 0.204. The van der Waals surface area contributed by atoms with Gasteiger partial charge < -0.3 is 4.90 Å². The Bertz CT molecular complexity index is 544. The van der Waals surface area contributed by atoms with Gasteiger partial charge in [0.1, 0.15) is 0 Å². The summed E-state index contributed by atoms with van der Waals surface area (Å²) in [5.41, 5.74) is -0.217. The van der Waals surface area contributed by atoms with Gasteiger partial charge in [-0.3, -0.25) is 4.79 Å². The molecule has 6 heteroatoms. The first kappa shape index (κ1) is 17.2. The highest BCUT2D eigenvalue weighted by molar-refractivity contribution is 7.88. The van der Waals surface area contributed by atoms with Crippen LogP contribution in [0.15, 0.2) is 0 Å². The second-order valence-electron chi connectivity index (χ2n) is 7.95. The first-order chi connectivity index (χ1) is 10.8. The summed E-state index contributed by atoms with van der Waals surface area (Å²) in [6.07, 6.45) is 9.19. The van der Waals surface area contributed by atoms with Crippen molar-refractivity contribution in [2.75, 3.05) is 25.9 Å². The summed E-state index contributed by atoms with van der Waals surface area (Å²) in [6.45, 7) is 4.35. The van der Waals surface area contributed by atoms with E-state index in [9.17, 15) is 13.2 Å². The molecule has 0 aromatic carbocycles. The standard InChI is InChI=1S/C17H30N2O3S/c1-14-4-6-15(7-5-14)16(20)18-12-9-17(10-13-18)8-3-11-19(17)23(2,21)22/h14-15H,3-13H2,1-2H3. The van der Waals surface area contributed by atoms with E-state index in [1.165, 1.54) is 6.26 Å². The average Bonchev–Trinajstić information content (AvgIpc) is 2.92. The van der Waals surface area contributed by atoms with Gasteiger partial charge in [-0.15, -0.1) is 0 Å². The number of likely N-dealkylation sites (tertiary alicyclic amines) is 1. The van der Waals surface area contributed by atoms with Gasteiger partial charge in [0.25, 0.3) is 0 Å². The lowest BCUT2D eigenvalue weighted by Gasteiger charge is -2.44. The first-order valence-electron chi connectivity index (χ1n) is 9.08. The molecule has 2 saturated heterocycles. The zero-order valence-corrected chi connectivity index (χ0v) is 15.3. The normalized spacial score (nSPS) is 32.3. The van der Waals surface area contributed by atoms with Crippen molar-refractivity contribution >= 4 is 15.9 Å². The minimum atomic E-state index is -3.15. The molecule has 0 unspecified atom stereocenters. The molecule has 0 bridgehead atoms. The molecule has 5 nitrogen and oxygen atoms in total. The van der Waals surface area contributed by atoms with Crippen molar-refractivity contribution in [3.63, 3.8) is 0 Å². The predicted molar refractivity (Wildman–Crippen MR) is 90.5 cm³/mol. The Kier molecular flexibility index (Phi) is 4.76. The quantitative estimate of drug-likeness (QED) is 0.773. The van der Waals surface area contributed by atoms with E-state index in [4.69, 9.17) is 0 Å². The number of carbonyl (C=O) groups is 1. The summed E-state index contributed by atoms with van der Waals surface area (Å²) in [4.78, 5) is 14.7. The Labute approximate surface area is 140 Å². The van der Waals surface area contributed by atoms with Gasteiger partial charge in [-0.2, -0.15) is 4.31 Å². The Morgan fingerprint density at radius 1 is 1.00 bits per heavy atom. The molecule has 0 radical (unpaired) electrons. The molecule has 1 saturated carbocycles. The highest BCUT2D eigenvalue weighted by Crippen LogP contribution is 2.40. The molecule has 3 aliphatic rings. The number of rotatable bonds is 2. The average molecular weight is 343 g/mol. The Hall–Kier alpha value is -0.620. The highest BCUT2D eigenvalue weighted by atomic mass is 32.2. The summed E-state index contributed by atoms with van der Waals surface area (Å²) in [5.74, 6) is 1.27. The van der Waals surface area contributed by atoms with Crippen LogP contribution in [0.3, 0.4) is 0 Å². The maximum absolute atomic E-state index is 12.7. The molecule has 0 aromatic heterocycles. The third-order valence-electron chi connectivity index (χ3n) is 6.30. The summed E-state index contributed by atoms with van der Waals surface area (Å²) < 4.78 is 25.8. The van der Waals surface area contributed by atoms with E-state index in [2.05, 4.69) is 6.92 Å². The van der Waals surface area contributed by atoms with E-state index in [1.54, 1.807) is 4.31 Å². The monoisotopic (exact) mass is 342 g/mol. The van der Waals surface area contributed by atoms with Crippen molar-refractivity contribution in [2.45, 2.75) is 63.8 Å². The number of piperidine rings is 1. The molecule has 1 aliphatic carbocycles. The lowest BCUT2D eigenvalue weighted by atomic mass is 9.81. The van der Waals surface area contributed by atoms with Gasteiger partial charge in [0, 0.05) is 31.1 Å². The Morgan fingerprint density at radius 3 is 2.17 bits per heavy atom. The smallest absolute Gasteiger partial charge is 0.225 e. The van der Waals surface area contributed by atoms with Crippen molar-refractivity contribution in [1.82, 2.24) is 9.21 Å². The summed E-state index contributed by atoms with van der Waals surface area (Å²) in [7, 11) is -3.15. The molecule has 0 atom stereocenters. The van der Waals surface area contributed by atoms with E-state index < -0.39 is 10.0 Å². The van der Waals surface area contributed by atoms with Crippen LogP contribution in [-0.2, 0) is 14.8 Å². The van der Waals surface area contributed by atoms with Crippen LogP contribution in [0.5, 0.6) is 0 Å². The second-order valence-corrected chi connectivity index (χ2v) is 9.85. The van der Waals surface area contributed by atoms with Gasteiger partial charge in [0.05, 0.1) is 6.26 Å². The largest absolute Gasteiger partial charge is 0.342 e. The van der Waals surface area contributed by atoms with Crippen molar-refractivity contribution in [1.29, 1.82) is 0 Å². The lowest BCUT2D eigenvalue weighted by molar-refractivity contribution is -0.138. The van der Waals surface area contributed by atoms with Crippen LogP contribution >= 0.6 is 0 Å². The molecule has 1 spiro atoms. The molecule has 2 aliphatic heterocycles. The second kappa shape index (κ2) is 6.36. The van der Waals surface area contributed by atoms with Gasteiger partial charge in [-0.05, 0) is 57.3 Å². The number of hydrogen-bond donors (Lipinski definition) is 0. The number of hydrogen-bond acceptors (Lipinski definition) is 3. The fourth-order valence-electron chi connectivity index (χ4n) is 4.84. The van der Waals surface area contributed by atoms with Crippen LogP contribution < -0.4 is 0 Å². The molecule has 3 fully saturated rings. The van der Waals surface area contributed by atoms with E-state index in [1.807, 2.05) is 4.90 Å². The third-order valence-corrected chi connectivity index (χ3v) is 7.67. The first-order valence-corrected chi connectivity index (χ1v) is 10.9. The van der Waals surface area contributed by atoms with Crippen LogP contribution in [0.1, 0.15) is 58.3 Å². The fourth-order valence-corrected chi connectivity index (χ4v) is 6.28. The van der Waals surface area contributed by atoms with Crippen LogP contribution in [0.4, 0.5) is 0 Å². The van der Waals surface area contributed by atoms with Crippen LogP contribution in [0.2, 0.25) is 0 Å². The maximum Gasteiger partial charge on any atom is 0.225 e. The zero-order chi connectivity index (χ0) is 16.7.